The van der Waals surface area contributed by atoms with Crippen LogP contribution in [0.1, 0.15) is 5.56 Å². The normalized spacial score (nSPS) is 11.0. The molecule has 110 valence electrons. The van der Waals surface area contributed by atoms with E-state index in [2.05, 4.69) is 9.98 Å². The van der Waals surface area contributed by atoms with Crippen LogP contribution in [0.2, 0.25) is 0 Å². The third-order valence-electron chi connectivity index (χ3n) is 3.38. The third kappa shape index (κ3) is 2.76. The zero-order chi connectivity index (χ0) is 15.4. The van der Waals surface area contributed by atoms with Gasteiger partial charge in [0.15, 0.2) is 11.5 Å². The smallest absolute Gasteiger partial charge is 0.161 e. The fourth-order valence-corrected chi connectivity index (χ4v) is 2.28. The lowest BCUT2D eigenvalue weighted by Gasteiger charge is -2.07. The van der Waals surface area contributed by atoms with E-state index >= 15 is 0 Å². The molecule has 0 radical (unpaired) electrons. The van der Waals surface area contributed by atoms with Crippen molar-refractivity contribution < 1.29 is 9.47 Å². The quantitative estimate of drug-likeness (QED) is 0.683. The maximum Gasteiger partial charge on any atom is 0.161 e. The number of hydrogen-bond donors (Lipinski definition) is 0. The Morgan fingerprint density at radius 2 is 1.82 bits per heavy atom. The van der Waals surface area contributed by atoms with E-state index in [1.54, 1.807) is 20.4 Å². The van der Waals surface area contributed by atoms with Crippen molar-refractivity contribution in [3.05, 3.63) is 60.3 Å². The first-order valence-corrected chi connectivity index (χ1v) is 6.91. The highest BCUT2D eigenvalue weighted by molar-refractivity contribution is 5.93. The average molecular weight is 292 g/mol. The fourth-order valence-electron chi connectivity index (χ4n) is 2.28. The Labute approximate surface area is 129 Å². The van der Waals surface area contributed by atoms with Gasteiger partial charge in [-0.05, 0) is 48.0 Å². The summed E-state index contributed by atoms with van der Waals surface area (Å²) in [6, 6.07) is 15.5. The van der Waals surface area contributed by atoms with Crippen LogP contribution in [0.4, 0.5) is 5.69 Å². The van der Waals surface area contributed by atoms with Crippen LogP contribution in [0.3, 0.4) is 0 Å². The number of methoxy groups -OCH3 is 2. The molecule has 4 heteroatoms. The number of aromatic nitrogens is 1. The Morgan fingerprint density at radius 3 is 2.64 bits per heavy atom. The van der Waals surface area contributed by atoms with Gasteiger partial charge in [0.2, 0.25) is 0 Å². The molecule has 0 aliphatic carbocycles. The molecule has 0 atom stereocenters. The van der Waals surface area contributed by atoms with Crippen molar-refractivity contribution >= 4 is 22.8 Å². The molecule has 0 amide bonds. The van der Waals surface area contributed by atoms with Crippen molar-refractivity contribution in [1.82, 2.24) is 4.98 Å². The molecular formula is C18H16N2O2. The first-order valence-electron chi connectivity index (χ1n) is 6.91. The lowest BCUT2D eigenvalue weighted by atomic mass is 10.2. The second-order valence-corrected chi connectivity index (χ2v) is 4.72. The zero-order valence-corrected chi connectivity index (χ0v) is 12.5. The average Bonchev–Trinajstić information content (AvgIpc) is 2.59. The lowest BCUT2D eigenvalue weighted by molar-refractivity contribution is 0.355. The van der Waals surface area contributed by atoms with Gasteiger partial charge in [-0.25, -0.2) is 0 Å². The van der Waals surface area contributed by atoms with Crippen LogP contribution in [-0.2, 0) is 0 Å². The van der Waals surface area contributed by atoms with Crippen LogP contribution >= 0.6 is 0 Å². The van der Waals surface area contributed by atoms with Gasteiger partial charge in [0.05, 0.1) is 25.4 Å². The summed E-state index contributed by atoms with van der Waals surface area (Å²) in [5.41, 5.74) is 2.77. The van der Waals surface area contributed by atoms with Gasteiger partial charge in [-0.15, -0.1) is 0 Å². The first-order chi connectivity index (χ1) is 10.8. The number of nitrogens with zero attached hydrogens (tertiary/aromatic N) is 2. The highest BCUT2D eigenvalue weighted by Gasteiger charge is 2.03. The summed E-state index contributed by atoms with van der Waals surface area (Å²) >= 11 is 0. The molecule has 0 aliphatic heterocycles. The molecule has 3 rings (SSSR count). The maximum atomic E-state index is 5.30. The molecule has 0 spiro atoms. The van der Waals surface area contributed by atoms with E-state index < -0.39 is 0 Å². The summed E-state index contributed by atoms with van der Waals surface area (Å²) in [6.07, 6.45) is 3.59. The van der Waals surface area contributed by atoms with Crippen molar-refractivity contribution in [1.29, 1.82) is 0 Å². The van der Waals surface area contributed by atoms with E-state index in [0.717, 1.165) is 22.2 Å². The highest BCUT2D eigenvalue weighted by Crippen LogP contribution is 2.28. The standard InChI is InChI=1S/C18H16N2O2/c1-21-17-9-8-13(11-18(17)22-2)12-20-16-7-3-6-15-14(16)5-4-10-19-15/h3-12H,1-2H3. The fraction of sp³-hybridized carbons (Fsp3) is 0.111. The molecule has 0 saturated heterocycles. The van der Waals surface area contributed by atoms with E-state index in [0.29, 0.717) is 11.5 Å². The second-order valence-electron chi connectivity index (χ2n) is 4.72. The molecule has 0 N–H and O–H groups in total. The van der Waals surface area contributed by atoms with Gasteiger partial charge in [-0.1, -0.05) is 6.07 Å². The molecule has 3 aromatic rings. The molecule has 1 aromatic heterocycles. The second kappa shape index (κ2) is 6.26. The Balaban J connectivity index is 1.96. The summed E-state index contributed by atoms with van der Waals surface area (Å²) in [4.78, 5) is 8.91. The van der Waals surface area contributed by atoms with E-state index in [9.17, 15) is 0 Å². The van der Waals surface area contributed by atoms with Crippen molar-refractivity contribution in [2.75, 3.05) is 14.2 Å². The summed E-state index contributed by atoms with van der Waals surface area (Å²) in [7, 11) is 3.24. The zero-order valence-electron chi connectivity index (χ0n) is 12.5. The van der Waals surface area contributed by atoms with E-state index in [1.165, 1.54) is 0 Å². The highest BCUT2D eigenvalue weighted by atomic mass is 16.5. The lowest BCUT2D eigenvalue weighted by Crippen LogP contribution is -1.92. The largest absolute Gasteiger partial charge is 0.493 e. The summed E-state index contributed by atoms with van der Waals surface area (Å²) in [5, 5.41) is 1.03. The molecule has 0 fully saturated rings. The minimum absolute atomic E-state index is 0.686. The number of aliphatic imine (C=N–C) groups is 1. The van der Waals surface area contributed by atoms with Crippen LogP contribution in [0, 0.1) is 0 Å². The molecule has 1 heterocycles. The van der Waals surface area contributed by atoms with Crippen LogP contribution in [-0.4, -0.2) is 25.4 Å². The van der Waals surface area contributed by atoms with Gasteiger partial charge in [-0.3, -0.25) is 9.98 Å². The predicted octanol–water partition coefficient (Wildman–Crippen LogP) is 4.00. The van der Waals surface area contributed by atoms with Crippen LogP contribution in [0.15, 0.2) is 59.7 Å². The first kappa shape index (κ1) is 14.1. The van der Waals surface area contributed by atoms with Gasteiger partial charge >= 0.3 is 0 Å². The minimum Gasteiger partial charge on any atom is -0.493 e. The van der Waals surface area contributed by atoms with E-state index in [1.807, 2.05) is 54.7 Å². The van der Waals surface area contributed by atoms with Crippen molar-refractivity contribution in [3.63, 3.8) is 0 Å². The molecule has 0 aliphatic rings. The molecule has 2 aromatic carbocycles. The van der Waals surface area contributed by atoms with E-state index in [4.69, 9.17) is 9.47 Å². The number of fused-ring (bicyclic) bond motifs is 1. The Hall–Kier alpha value is -2.88. The predicted molar refractivity (Wildman–Crippen MR) is 88.5 cm³/mol. The number of pyridine rings is 1. The summed E-state index contributed by atoms with van der Waals surface area (Å²) in [6.45, 7) is 0. The van der Waals surface area contributed by atoms with Crippen molar-refractivity contribution in [3.8, 4) is 11.5 Å². The third-order valence-corrected chi connectivity index (χ3v) is 3.38. The summed E-state index contributed by atoms with van der Waals surface area (Å²) in [5.74, 6) is 1.39. The Morgan fingerprint density at radius 1 is 0.955 bits per heavy atom. The molecule has 4 nitrogen and oxygen atoms in total. The van der Waals surface area contributed by atoms with Gasteiger partial charge in [0.25, 0.3) is 0 Å². The van der Waals surface area contributed by atoms with Crippen molar-refractivity contribution in [2.24, 2.45) is 4.99 Å². The van der Waals surface area contributed by atoms with Gasteiger partial charge in [0, 0.05) is 17.8 Å². The SMILES string of the molecule is COc1ccc(C=Nc2cccc3ncccc23)cc1OC. The summed E-state index contributed by atoms with van der Waals surface area (Å²) < 4.78 is 10.5. The van der Waals surface area contributed by atoms with Crippen LogP contribution in [0.5, 0.6) is 11.5 Å². The van der Waals surface area contributed by atoms with Gasteiger partial charge in [-0.2, -0.15) is 0 Å². The monoisotopic (exact) mass is 292 g/mol. The Kier molecular flexibility index (Phi) is 4.01. The molecular weight excluding hydrogens is 276 g/mol. The number of benzene rings is 2. The molecule has 0 bridgehead atoms. The molecule has 0 saturated carbocycles. The van der Waals surface area contributed by atoms with Crippen LogP contribution in [0.25, 0.3) is 10.9 Å². The van der Waals surface area contributed by atoms with Crippen LogP contribution < -0.4 is 9.47 Å². The van der Waals surface area contributed by atoms with Gasteiger partial charge in [0.1, 0.15) is 0 Å². The molecule has 22 heavy (non-hydrogen) atoms. The van der Waals surface area contributed by atoms with Crippen molar-refractivity contribution in [2.45, 2.75) is 0 Å². The number of hydrogen-bond acceptors (Lipinski definition) is 4. The molecule has 0 unspecified atom stereocenters. The van der Waals surface area contributed by atoms with E-state index in [-0.39, 0.29) is 0 Å². The maximum absolute atomic E-state index is 5.30. The number of rotatable bonds is 4. The van der Waals surface area contributed by atoms with Gasteiger partial charge < -0.3 is 9.47 Å². The Bertz CT molecular complexity index is 823. The number of ether oxygens (including phenoxy) is 2. The topological polar surface area (TPSA) is 43.7 Å². The minimum atomic E-state index is 0.686.